The number of rotatable bonds is 9. The highest BCUT2D eigenvalue weighted by molar-refractivity contribution is 7.98. The molecule has 0 radical (unpaired) electrons. The fourth-order valence-corrected chi connectivity index (χ4v) is 3.12. The quantitative estimate of drug-likeness (QED) is 0.674. The van der Waals surface area contributed by atoms with E-state index in [0.29, 0.717) is 0 Å². The monoisotopic (exact) mass is 278 g/mol. The molecule has 0 fully saturated rings. The van der Waals surface area contributed by atoms with Crippen LogP contribution in [-0.2, 0) is 13.0 Å². The summed E-state index contributed by atoms with van der Waals surface area (Å²) in [6.45, 7) is 3.24. The largest absolute Gasteiger partial charge is 0.384 e. The van der Waals surface area contributed by atoms with Gasteiger partial charge in [0.25, 0.3) is 0 Å². The van der Waals surface area contributed by atoms with Crippen molar-refractivity contribution in [3.05, 3.63) is 29.3 Å². The molecule has 0 saturated carbocycles. The molecule has 1 aromatic rings. The Bertz CT molecular complexity index is 379. The first kappa shape index (κ1) is 14.7. The Hall–Kier alpha value is -0.670. The first-order chi connectivity index (χ1) is 9.42. The van der Waals surface area contributed by atoms with Gasteiger partial charge in [-0.05, 0) is 48.9 Å². The maximum Gasteiger partial charge on any atom is 0.0419 e. The summed E-state index contributed by atoms with van der Waals surface area (Å²) in [5, 5.41) is 7.08. The van der Waals surface area contributed by atoms with Crippen molar-refractivity contribution in [3.8, 4) is 0 Å². The first-order valence-electron chi connectivity index (χ1n) is 7.46. The van der Waals surface area contributed by atoms with Crippen molar-refractivity contribution in [1.29, 1.82) is 0 Å². The van der Waals surface area contributed by atoms with Crippen LogP contribution in [0.5, 0.6) is 0 Å². The van der Waals surface area contributed by atoms with Crippen LogP contribution in [0.2, 0.25) is 0 Å². The minimum absolute atomic E-state index is 1.00. The molecule has 0 spiro atoms. The van der Waals surface area contributed by atoms with Crippen molar-refractivity contribution in [2.24, 2.45) is 0 Å². The van der Waals surface area contributed by atoms with Crippen LogP contribution < -0.4 is 10.6 Å². The van der Waals surface area contributed by atoms with E-state index < -0.39 is 0 Å². The summed E-state index contributed by atoms with van der Waals surface area (Å²) in [6.07, 6.45) is 8.78. The number of thioether (sulfide) groups is 1. The molecule has 1 aliphatic rings. The summed E-state index contributed by atoms with van der Waals surface area (Å²) in [6, 6.07) is 6.67. The molecule has 106 valence electrons. The molecule has 1 aliphatic heterocycles. The molecule has 2 rings (SSSR count). The molecule has 19 heavy (non-hydrogen) atoms. The van der Waals surface area contributed by atoms with Gasteiger partial charge in [-0.1, -0.05) is 31.0 Å². The molecular formula is C16H26N2S. The minimum Gasteiger partial charge on any atom is -0.384 e. The van der Waals surface area contributed by atoms with Gasteiger partial charge in [0.15, 0.2) is 0 Å². The lowest BCUT2D eigenvalue weighted by Gasteiger charge is -2.10. The van der Waals surface area contributed by atoms with Gasteiger partial charge in [-0.25, -0.2) is 0 Å². The Morgan fingerprint density at radius 3 is 3.00 bits per heavy atom. The highest BCUT2D eigenvalue weighted by Crippen LogP contribution is 2.26. The zero-order valence-corrected chi connectivity index (χ0v) is 12.8. The van der Waals surface area contributed by atoms with Gasteiger partial charge in [0.2, 0.25) is 0 Å². The zero-order chi connectivity index (χ0) is 13.3. The van der Waals surface area contributed by atoms with E-state index in [9.17, 15) is 0 Å². The van der Waals surface area contributed by atoms with Crippen molar-refractivity contribution >= 4 is 17.4 Å². The molecule has 0 unspecified atom stereocenters. The zero-order valence-electron chi connectivity index (χ0n) is 12.0. The Kier molecular flexibility index (Phi) is 6.58. The average molecular weight is 278 g/mol. The third kappa shape index (κ3) is 4.73. The number of benzene rings is 1. The van der Waals surface area contributed by atoms with Gasteiger partial charge in [-0.2, -0.15) is 11.8 Å². The second kappa shape index (κ2) is 8.49. The molecular weight excluding hydrogens is 252 g/mol. The fourth-order valence-electron chi connectivity index (χ4n) is 2.63. The Labute approximate surface area is 121 Å². The maximum absolute atomic E-state index is 3.58. The minimum atomic E-state index is 1.00. The number of hydrogen-bond acceptors (Lipinski definition) is 3. The summed E-state index contributed by atoms with van der Waals surface area (Å²) in [7, 11) is 0. The van der Waals surface area contributed by atoms with Crippen LogP contribution in [0.1, 0.15) is 36.8 Å². The van der Waals surface area contributed by atoms with E-state index in [2.05, 4.69) is 35.1 Å². The summed E-state index contributed by atoms with van der Waals surface area (Å²) in [5.41, 5.74) is 4.30. The van der Waals surface area contributed by atoms with Crippen LogP contribution in [0, 0.1) is 0 Å². The third-order valence-electron chi connectivity index (χ3n) is 3.70. The summed E-state index contributed by atoms with van der Waals surface area (Å²) in [4.78, 5) is 0. The van der Waals surface area contributed by atoms with Crippen LogP contribution in [0.15, 0.2) is 18.2 Å². The predicted octanol–water partition coefficient (Wildman–Crippen LogP) is 3.67. The van der Waals surface area contributed by atoms with Gasteiger partial charge in [-0.3, -0.25) is 0 Å². The van der Waals surface area contributed by atoms with Crippen LogP contribution in [0.25, 0.3) is 0 Å². The van der Waals surface area contributed by atoms with Crippen LogP contribution >= 0.6 is 11.8 Å². The highest BCUT2D eigenvalue weighted by atomic mass is 32.2. The molecule has 0 amide bonds. The Balaban J connectivity index is 1.60. The van der Waals surface area contributed by atoms with E-state index in [-0.39, 0.29) is 0 Å². The standard InChI is InChI=1S/C16H26N2S/c1-19-12-5-3-2-4-10-17-13-15-8-6-7-14-9-11-18-16(14)15/h6-8,17-18H,2-5,9-13H2,1H3. The number of unbranched alkanes of at least 4 members (excludes halogenated alkanes) is 3. The Morgan fingerprint density at radius 2 is 2.11 bits per heavy atom. The smallest absolute Gasteiger partial charge is 0.0419 e. The van der Waals surface area contributed by atoms with E-state index in [4.69, 9.17) is 0 Å². The molecule has 0 aromatic heterocycles. The van der Waals surface area contributed by atoms with E-state index in [1.54, 1.807) is 0 Å². The topological polar surface area (TPSA) is 24.1 Å². The summed E-state index contributed by atoms with van der Waals surface area (Å²) in [5.74, 6) is 1.31. The van der Waals surface area contributed by atoms with Gasteiger partial charge in [0, 0.05) is 18.8 Å². The molecule has 0 saturated heterocycles. The molecule has 2 nitrogen and oxygen atoms in total. The molecule has 0 atom stereocenters. The molecule has 3 heteroatoms. The second-order valence-corrected chi connectivity index (χ2v) is 6.20. The van der Waals surface area contributed by atoms with E-state index in [1.165, 1.54) is 54.7 Å². The van der Waals surface area contributed by atoms with Crippen molar-refractivity contribution in [2.45, 2.75) is 38.6 Å². The third-order valence-corrected chi connectivity index (χ3v) is 4.40. The Morgan fingerprint density at radius 1 is 1.21 bits per heavy atom. The van der Waals surface area contributed by atoms with Crippen LogP contribution in [0.4, 0.5) is 5.69 Å². The SMILES string of the molecule is CSCCCCCCNCc1cccc2c1NCC2. The molecule has 0 bridgehead atoms. The number of nitrogens with one attached hydrogen (secondary N) is 2. The fraction of sp³-hybridized carbons (Fsp3) is 0.625. The van der Waals surface area contributed by atoms with Crippen LogP contribution in [0.3, 0.4) is 0 Å². The number of hydrogen-bond donors (Lipinski definition) is 2. The van der Waals surface area contributed by atoms with Gasteiger partial charge in [-0.15, -0.1) is 0 Å². The van der Waals surface area contributed by atoms with E-state index in [0.717, 1.165) is 19.6 Å². The molecule has 1 aromatic carbocycles. The number of para-hydroxylation sites is 1. The van der Waals surface area contributed by atoms with Crippen molar-refractivity contribution < 1.29 is 0 Å². The normalized spacial score (nSPS) is 13.3. The van der Waals surface area contributed by atoms with Crippen molar-refractivity contribution in [2.75, 3.05) is 30.4 Å². The van der Waals surface area contributed by atoms with Crippen LogP contribution in [-0.4, -0.2) is 25.1 Å². The molecule has 1 heterocycles. The molecule has 0 aliphatic carbocycles. The number of fused-ring (bicyclic) bond motifs is 1. The van der Waals surface area contributed by atoms with Gasteiger partial charge in [0.05, 0.1) is 0 Å². The lowest BCUT2D eigenvalue weighted by Crippen LogP contribution is -2.15. The lowest BCUT2D eigenvalue weighted by molar-refractivity contribution is 0.600. The first-order valence-corrected chi connectivity index (χ1v) is 8.85. The lowest BCUT2D eigenvalue weighted by atomic mass is 10.1. The average Bonchev–Trinajstić information content (AvgIpc) is 2.91. The molecule has 2 N–H and O–H groups in total. The van der Waals surface area contributed by atoms with Gasteiger partial charge >= 0.3 is 0 Å². The van der Waals surface area contributed by atoms with E-state index >= 15 is 0 Å². The van der Waals surface area contributed by atoms with Crippen molar-refractivity contribution in [1.82, 2.24) is 5.32 Å². The van der Waals surface area contributed by atoms with Gasteiger partial charge < -0.3 is 10.6 Å². The summed E-state index contributed by atoms with van der Waals surface area (Å²) >= 11 is 1.96. The summed E-state index contributed by atoms with van der Waals surface area (Å²) < 4.78 is 0. The highest BCUT2D eigenvalue weighted by Gasteiger charge is 2.12. The van der Waals surface area contributed by atoms with E-state index in [1.807, 2.05) is 11.8 Å². The maximum atomic E-state index is 3.58. The van der Waals surface area contributed by atoms with Gasteiger partial charge in [0.1, 0.15) is 0 Å². The number of anilines is 1. The predicted molar refractivity (Wildman–Crippen MR) is 87.2 cm³/mol. The second-order valence-electron chi connectivity index (χ2n) is 5.21. The van der Waals surface area contributed by atoms with Crippen molar-refractivity contribution in [3.63, 3.8) is 0 Å².